The van der Waals surface area contributed by atoms with Gasteiger partial charge in [-0.15, -0.1) is 0 Å². The molecule has 0 saturated heterocycles. The van der Waals surface area contributed by atoms with Crippen molar-refractivity contribution in [2.45, 2.75) is 24.5 Å². The molecule has 1 atom stereocenters. The lowest BCUT2D eigenvalue weighted by atomic mass is 10.2. The molecule has 3 N–H and O–H groups in total. The number of nitrogens with two attached hydrogens (primary N) is 1. The number of benzene rings is 3. The molecule has 0 amide bonds. The van der Waals surface area contributed by atoms with Crippen molar-refractivity contribution in [3.05, 3.63) is 83.9 Å². The number of hydrogen-bond donors (Lipinski definition) is 2. The summed E-state index contributed by atoms with van der Waals surface area (Å²) >= 11 is 0. The van der Waals surface area contributed by atoms with E-state index in [9.17, 15) is 8.42 Å². The maximum absolute atomic E-state index is 11.6. The summed E-state index contributed by atoms with van der Waals surface area (Å²) in [7, 11) is -3.29. The van der Waals surface area contributed by atoms with Crippen LogP contribution >= 0.6 is 0 Å². The third-order valence-electron chi connectivity index (χ3n) is 4.48. The number of sulfone groups is 1. The molecule has 168 valence electrons. The minimum absolute atomic E-state index is 0.124. The molecule has 32 heavy (non-hydrogen) atoms. The van der Waals surface area contributed by atoms with E-state index in [0.29, 0.717) is 36.0 Å². The highest BCUT2D eigenvalue weighted by Crippen LogP contribution is 2.29. The first-order valence-electron chi connectivity index (χ1n) is 9.96. The molecule has 0 bridgehead atoms. The predicted molar refractivity (Wildman–Crippen MR) is 123 cm³/mol. The Balaban J connectivity index is 1.67. The van der Waals surface area contributed by atoms with Crippen LogP contribution in [0.1, 0.15) is 18.1 Å². The molecule has 0 spiro atoms. The Kier molecular flexibility index (Phi) is 7.50. The van der Waals surface area contributed by atoms with Gasteiger partial charge in [0.2, 0.25) is 0 Å². The maximum atomic E-state index is 11.6. The zero-order valence-electron chi connectivity index (χ0n) is 17.9. The van der Waals surface area contributed by atoms with Gasteiger partial charge >= 0.3 is 0 Å². The topological polar surface area (TPSA) is 112 Å². The Labute approximate surface area is 188 Å². The third kappa shape index (κ3) is 6.83. The summed E-state index contributed by atoms with van der Waals surface area (Å²) in [5.41, 5.74) is 7.20. The number of amidine groups is 1. The van der Waals surface area contributed by atoms with E-state index in [4.69, 9.17) is 25.4 Å². The fraction of sp³-hybridized carbons (Fsp3) is 0.208. The van der Waals surface area contributed by atoms with Crippen LogP contribution in [-0.2, 0) is 21.2 Å². The van der Waals surface area contributed by atoms with E-state index in [1.54, 1.807) is 30.3 Å². The number of rotatable bonds is 10. The predicted octanol–water partition coefficient (Wildman–Crippen LogP) is 4.15. The average Bonchev–Trinajstić information content (AvgIpc) is 2.74. The van der Waals surface area contributed by atoms with E-state index in [1.165, 1.54) is 12.1 Å². The zero-order chi connectivity index (χ0) is 23.1. The van der Waals surface area contributed by atoms with Crippen molar-refractivity contribution < 1.29 is 22.6 Å². The highest BCUT2D eigenvalue weighted by Gasteiger charge is 2.11. The molecular weight excluding hydrogens is 428 g/mol. The first kappa shape index (κ1) is 23.3. The second-order valence-corrected chi connectivity index (χ2v) is 9.40. The molecular formula is C24H26N2O5S. The molecule has 0 fully saturated rings. The van der Waals surface area contributed by atoms with E-state index < -0.39 is 9.84 Å². The lowest BCUT2D eigenvalue weighted by Gasteiger charge is -2.17. The molecule has 0 radical (unpaired) electrons. The molecule has 3 rings (SSSR count). The molecule has 3 aromatic carbocycles. The number of ether oxygens (including phenoxy) is 3. The molecule has 8 heteroatoms. The van der Waals surface area contributed by atoms with Crippen LogP contribution in [-0.4, -0.2) is 33.2 Å². The van der Waals surface area contributed by atoms with Crippen LogP contribution in [0.3, 0.4) is 0 Å². The van der Waals surface area contributed by atoms with Gasteiger partial charge in [0.25, 0.3) is 0 Å². The number of hydrogen-bond acceptors (Lipinski definition) is 6. The van der Waals surface area contributed by atoms with Crippen molar-refractivity contribution >= 4 is 15.7 Å². The van der Waals surface area contributed by atoms with Gasteiger partial charge in [0, 0.05) is 17.9 Å². The molecule has 7 nitrogen and oxygen atoms in total. The largest absolute Gasteiger partial charge is 0.488 e. The van der Waals surface area contributed by atoms with Crippen LogP contribution in [0.4, 0.5) is 0 Å². The van der Waals surface area contributed by atoms with Crippen molar-refractivity contribution in [2.24, 2.45) is 5.73 Å². The van der Waals surface area contributed by atoms with E-state index in [2.05, 4.69) is 0 Å². The molecule has 0 unspecified atom stereocenters. The zero-order valence-corrected chi connectivity index (χ0v) is 18.8. The Bertz CT molecular complexity index is 1160. The fourth-order valence-electron chi connectivity index (χ4n) is 2.93. The Morgan fingerprint density at radius 2 is 1.62 bits per heavy atom. The van der Waals surface area contributed by atoms with Crippen LogP contribution < -0.4 is 15.2 Å². The molecule has 0 saturated carbocycles. The van der Waals surface area contributed by atoms with Gasteiger partial charge in [-0.2, -0.15) is 0 Å². The Hall–Kier alpha value is -3.36. The Morgan fingerprint density at radius 3 is 2.25 bits per heavy atom. The van der Waals surface area contributed by atoms with Crippen molar-refractivity contribution in [1.82, 2.24) is 0 Å². The van der Waals surface area contributed by atoms with Crippen LogP contribution in [0.5, 0.6) is 17.2 Å². The lowest BCUT2D eigenvalue weighted by molar-refractivity contribution is 0.0492. The molecule has 3 aromatic rings. The lowest BCUT2D eigenvalue weighted by Crippen LogP contribution is -2.19. The van der Waals surface area contributed by atoms with Crippen LogP contribution in [0.25, 0.3) is 0 Å². The summed E-state index contributed by atoms with van der Waals surface area (Å²) in [6, 6.07) is 20.9. The van der Waals surface area contributed by atoms with Crippen molar-refractivity contribution in [3.8, 4) is 17.2 Å². The molecule has 0 aliphatic rings. The van der Waals surface area contributed by atoms with Crippen molar-refractivity contribution in [2.75, 3.05) is 12.9 Å². The van der Waals surface area contributed by atoms with Gasteiger partial charge < -0.3 is 19.9 Å². The first-order chi connectivity index (χ1) is 15.2. The third-order valence-corrected chi connectivity index (χ3v) is 5.61. The second kappa shape index (κ2) is 10.3. The van der Waals surface area contributed by atoms with Gasteiger partial charge in [0.15, 0.2) is 9.84 Å². The fourth-order valence-corrected chi connectivity index (χ4v) is 3.56. The molecule has 0 heterocycles. The molecule has 0 aliphatic heterocycles. The highest BCUT2D eigenvalue weighted by atomic mass is 32.2. The number of nitrogens with one attached hydrogen (secondary N) is 1. The summed E-state index contributed by atoms with van der Waals surface area (Å²) in [6.07, 6.45) is 0.899. The van der Waals surface area contributed by atoms with Crippen LogP contribution in [0.2, 0.25) is 0 Å². The van der Waals surface area contributed by atoms with Gasteiger partial charge in [-0.1, -0.05) is 30.3 Å². The first-order valence-corrected chi connectivity index (χ1v) is 11.9. The van der Waals surface area contributed by atoms with Gasteiger partial charge in [0.05, 0.1) is 18.1 Å². The normalized spacial score (nSPS) is 12.2. The maximum Gasteiger partial charge on any atom is 0.175 e. The van der Waals surface area contributed by atoms with E-state index in [1.807, 2.05) is 37.3 Å². The minimum atomic E-state index is -3.29. The minimum Gasteiger partial charge on any atom is -0.488 e. The quantitative estimate of drug-likeness (QED) is 0.352. The van der Waals surface area contributed by atoms with Gasteiger partial charge in [-0.3, -0.25) is 5.41 Å². The summed E-state index contributed by atoms with van der Waals surface area (Å²) in [5.74, 6) is 1.22. The summed E-state index contributed by atoms with van der Waals surface area (Å²) < 4.78 is 40.8. The monoisotopic (exact) mass is 454 g/mol. The smallest absolute Gasteiger partial charge is 0.175 e. The highest BCUT2D eigenvalue weighted by molar-refractivity contribution is 7.90. The second-order valence-electron chi connectivity index (χ2n) is 7.38. The molecule has 0 aliphatic carbocycles. The van der Waals surface area contributed by atoms with Crippen molar-refractivity contribution in [3.63, 3.8) is 0 Å². The average molecular weight is 455 g/mol. The van der Waals surface area contributed by atoms with Crippen molar-refractivity contribution in [1.29, 1.82) is 5.41 Å². The van der Waals surface area contributed by atoms with Gasteiger partial charge in [0.1, 0.15) is 29.2 Å². The Morgan fingerprint density at radius 1 is 0.969 bits per heavy atom. The van der Waals surface area contributed by atoms with E-state index >= 15 is 0 Å². The van der Waals surface area contributed by atoms with Gasteiger partial charge in [-0.05, 0) is 48.9 Å². The van der Waals surface area contributed by atoms with Crippen LogP contribution in [0, 0.1) is 5.41 Å². The molecule has 0 aromatic heterocycles. The van der Waals surface area contributed by atoms with E-state index in [0.717, 1.165) is 11.8 Å². The standard InChI is InChI=1S/C24H26N2O5S/c1-17(15-29-16-18-6-4-3-5-7-18)30-21-12-19(24(25)26)13-22(14-21)31-20-8-10-23(11-9-20)32(2,27)28/h3-14,17H,15-16H2,1-2H3,(H3,25,26)/t17-/m0/s1. The van der Waals surface area contributed by atoms with E-state index in [-0.39, 0.29) is 16.8 Å². The summed E-state index contributed by atoms with van der Waals surface area (Å²) in [6.45, 7) is 2.75. The SMILES string of the molecule is C[C@@H](COCc1ccccc1)Oc1cc(Oc2ccc(S(C)(=O)=O)cc2)cc(C(=N)N)c1. The van der Waals surface area contributed by atoms with Gasteiger partial charge in [-0.25, -0.2) is 8.42 Å². The summed E-state index contributed by atoms with van der Waals surface area (Å²) in [4.78, 5) is 0.204. The number of nitrogen functional groups attached to an aromatic ring is 1. The van der Waals surface area contributed by atoms with Crippen LogP contribution in [0.15, 0.2) is 77.7 Å². The summed E-state index contributed by atoms with van der Waals surface area (Å²) in [5, 5.41) is 7.77.